The van der Waals surface area contributed by atoms with Crippen molar-refractivity contribution < 1.29 is 14.8 Å². The monoisotopic (exact) mass is 331 g/mol. The lowest BCUT2D eigenvalue weighted by Gasteiger charge is -2.37. The number of ether oxygens (including phenoxy) is 1. The lowest BCUT2D eigenvalue weighted by molar-refractivity contribution is -0.384. The molecule has 0 unspecified atom stereocenters. The fraction of sp³-hybridized carbons (Fsp3) is 0.545. The smallest absolute Gasteiger partial charge is 0.311 e. The summed E-state index contributed by atoms with van der Waals surface area (Å²) in [6.45, 7) is 0.927. The molecule has 0 aliphatic carbocycles. The van der Waals surface area contributed by atoms with Crippen LogP contribution in [0, 0.1) is 10.1 Å². The highest BCUT2D eigenvalue weighted by atomic mass is 79.9. The van der Waals surface area contributed by atoms with Gasteiger partial charge in [-0.1, -0.05) is 0 Å². The van der Waals surface area contributed by atoms with Crippen molar-refractivity contribution in [3.8, 4) is 0 Å². The Morgan fingerprint density at radius 1 is 1.53 bits per heavy atom. The van der Waals surface area contributed by atoms with Crippen molar-refractivity contribution in [1.29, 1.82) is 0 Å². The molecule has 2 rings (SSSR count). The quantitative estimate of drug-likeness (QED) is 0.643. The molecule has 1 fully saturated rings. The molecule has 104 valence electrons. The average molecular weight is 332 g/mol. The topological polar surface area (TPSA) is 97.5 Å². The van der Waals surface area contributed by atoms with Crippen molar-refractivity contribution in [1.82, 2.24) is 4.98 Å². The maximum atomic E-state index is 11.0. The second-order valence-electron chi connectivity index (χ2n) is 4.45. The van der Waals surface area contributed by atoms with Gasteiger partial charge in [0.05, 0.1) is 21.5 Å². The van der Waals surface area contributed by atoms with E-state index in [1.54, 1.807) is 0 Å². The van der Waals surface area contributed by atoms with E-state index in [-0.39, 0.29) is 12.3 Å². The summed E-state index contributed by atoms with van der Waals surface area (Å²) in [4.78, 5) is 14.3. The molecule has 1 saturated heterocycles. The molecule has 0 spiro atoms. The summed E-state index contributed by atoms with van der Waals surface area (Å²) in [6.07, 6.45) is 3.86. The number of hydrogen-bond donors (Lipinski definition) is 2. The van der Waals surface area contributed by atoms with Crippen LogP contribution in [-0.4, -0.2) is 40.4 Å². The van der Waals surface area contributed by atoms with Crippen molar-refractivity contribution >= 4 is 27.3 Å². The Morgan fingerprint density at radius 2 is 2.21 bits per heavy atom. The van der Waals surface area contributed by atoms with E-state index in [0.29, 0.717) is 36.2 Å². The molecule has 2 N–H and O–H groups in total. The van der Waals surface area contributed by atoms with E-state index < -0.39 is 10.5 Å². The van der Waals surface area contributed by atoms with Crippen LogP contribution in [0.2, 0.25) is 0 Å². The highest BCUT2D eigenvalue weighted by Crippen LogP contribution is 2.35. The van der Waals surface area contributed by atoms with E-state index in [1.807, 2.05) is 0 Å². The molecular weight excluding hydrogens is 318 g/mol. The van der Waals surface area contributed by atoms with Crippen LogP contribution in [0.3, 0.4) is 0 Å². The Hall–Kier alpha value is -1.25. The van der Waals surface area contributed by atoms with Crippen molar-refractivity contribution in [2.45, 2.75) is 18.4 Å². The molecule has 0 radical (unpaired) electrons. The molecule has 1 aliphatic heterocycles. The first kappa shape index (κ1) is 14.2. The summed E-state index contributed by atoms with van der Waals surface area (Å²) in [6, 6.07) is 0. The zero-order valence-electron chi connectivity index (χ0n) is 10.1. The molecule has 1 aromatic heterocycles. The molecule has 0 amide bonds. The van der Waals surface area contributed by atoms with Gasteiger partial charge < -0.3 is 15.2 Å². The van der Waals surface area contributed by atoms with Gasteiger partial charge in [-0.25, -0.2) is 0 Å². The van der Waals surface area contributed by atoms with Crippen LogP contribution in [0.1, 0.15) is 12.8 Å². The van der Waals surface area contributed by atoms with Crippen molar-refractivity contribution in [3.05, 3.63) is 27.0 Å². The summed E-state index contributed by atoms with van der Waals surface area (Å²) in [7, 11) is 0. The van der Waals surface area contributed by atoms with Crippen LogP contribution in [0.5, 0.6) is 0 Å². The number of nitro groups is 1. The Kier molecular flexibility index (Phi) is 4.33. The minimum atomic E-state index is -0.590. The standard InChI is InChI=1S/C11H14BrN3O4/c12-8-5-13-6-9(15(17)18)10(8)14-11(7-16)1-3-19-4-2-11/h5-6,16H,1-4,7H2,(H,13,14). The van der Waals surface area contributed by atoms with E-state index in [4.69, 9.17) is 4.74 Å². The van der Waals surface area contributed by atoms with Gasteiger partial charge in [-0.15, -0.1) is 0 Å². The fourth-order valence-electron chi connectivity index (χ4n) is 2.04. The number of pyridine rings is 1. The predicted molar refractivity (Wildman–Crippen MR) is 72.1 cm³/mol. The Balaban J connectivity index is 2.33. The number of aliphatic hydroxyl groups is 1. The molecule has 0 atom stereocenters. The molecule has 0 aromatic carbocycles. The van der Waals surface area contributed by atoms with Crippen LogP contribution < -0.4 is 5.32 Å². The maximum Gasteiger partial charge on any atom is 0.311 e. The van der Waals surface area contributed by atoms with E-state index in [0.717, 1.165) is 0 Å². The van der Waals surface area contributed by atoms with Crippen molar-refractivity contribution in [3.63, 3.8) is 0 Å². The number of aliphatic hydroxyl groups excluding tert-OH is 1. The molecule has 0 saturated carbocycles. The predicted octanol–water partition coefficient (Wildman–Crippen LogP) is 1.71. The largest absolute Gasteiger partial charge is 0.394 e. The van der Waals surface area contributed by atoms with Crippen LogP contribution >= 0.6 is 15.9 Å². The van der Waals surface area contributed by atoms with Gasteiger partial charge in [-0.05, 0) is 28.8 Å². The molecule has 1 aliphatic rings. The number of aromatic nitrogens is 1. The van der Waals surface area contributed by atoms with Crippen LogP contribution in [0.25, 0.3) is 0 Å². The van der Waals surface area contributed by atoms with Crippen LogP contribution in [0.15, 0.2) is 16.9 Å². The minimum absolute atomic E-state index is 0.109. The maximum absolute atomic E-state index is 11.0. The van der Waals surface area contributed by atoms with E-state index in [2.05, 4.69) is 26.2 Å². The summed E-state index contributed by atoms with van der Waals surface area (Å²) in [5.41, 5.74) is -0.364. The first-order chi connectivity index (χ1) is 9.08. The summed E-state index contributed by atoms with van der Waals surface area (Å²) < 4.78 is 5.76. The normalized spacial score (nSPS) is 18.0. The third kappa shape index (κ3) is 3.02. The first-order valence-corrected chi connectivity index (χ1v) is 6.62. The van der Waals surface area contributed by atoms with Gasteiger partial charge in [-0.2, -0.15) is 0 Å². The number of rotatable bonds is 4. The van der Waals surface area contributed by atoms with Gasteiger partial charge in [0.15, 0.2) is 0 Å². The zero-order valence-corrected chi connectivity index (χ0v) is 11.7. The number of halogens is 1. The fourth-order valence-corrected chi connectivity index (χ4v) is 2.46. The zero-order chi connectivity index (χ0) is 13.9. The van der Waals surface area contributed by atoms with E-state index >= 15 is 0 Å². The molecule has 1 aromatic rings. The van der Waals surface area contributed by atoms with Gasteiger partial charge in [0.2, 0.25) is 0 Å². The number of anilines is 1. The minimum Gasteiger partial charge on any atom is -0.394 e. The Labute approximate surface area is 118 Å². The van der Waals surface area contributed by atoms with Gasteiger partial charge in [0, 0.05) is 19.4 Å². The number of hydrogen-bond acceptors (Lipinski definition) is 6. The molecule has 0 bridgehead atoms. The summed E-state index contributed by atoms with van der Waals surface area (Å²) >= 11 is 3.25. The summed E-state index contributed by atoms with van der Waals surface area (Å²) in [5, 5.41) is 23.7. The Morgan fingerprint density at radius 3 is 2.79 bits per heavy atom. The first-order valence-electron chi connectivity index (χ1n) is 5.83. The second-order valence-corrected chi connectivity index (χ2v) is 5.30. The molecule has 8 heteroatoms. The molecule has 2 heterocycles. The highest BCUT2D eigenvalue weighted by molar-refractivity contribution is 9.10. The van der Waals surface area contributed by atoms with Gasteiger partial charge in [0.25, 0.3) is 0 Å². The van der Waals surface area contributed by atoms with Gasteiger partial charge in [-0.3, -0.25) is 15.1 Å². The summed E-state index contributed by atoms with van der Waals surface area (Å²) in [5.74, 6) is 0. The van der Waals surface area contributed by atoms with Gasteiger partial charge >= 0.3 is 5.69 Å². The van der Waals surface area contributed by atoms with Crippen LogP contribution in [-0.2, 0) is 4.74 Å². The molecule has 19 heavy (non-hydrogen) atoms. The van der Waals surface area contributed by atoms with Crippen molar-refractivity contribution in [2.75, 3.05) is 25.1 Å². The third-order valence-electron chi connectivity index (χ3n) is 3.22. The lowest BCUT2D eigenvalue weighted by Crippen LogP contribution is -2.47. The van der Waals surface area contributed by atoms with Crippen molar-refractivity contribution in [2.24, 2.45) is 0 Å². The SMILES string of the molecule is O=[N+]([O-])c1cncc(Br)c1NC1(CO)CCOCC1. The average Bonchev–Trinajstić information content (AvgIpc) is 2.42. The molecule has 7 nitrogen and oxygen atoms in total. The Bertz CT molecular complexity index is 477. The lowest BCUT2D eigenvalue weighted by atomic mass is 9.90. The third-order valence-corrected chi connectivity index (χ3v) is 3.82. The number of nitrogens with one attached hydrogen (secondary N) is 1. The second kappa shape index (κ2) is 5.81. The number of nitrogens with zero attached hydrogens (tertiary/aromatic N) is 2. The van der Waals surface area contributed by atoms with E-state index in [9.17, 15) is 15.2 Å². The van der Waals surface area contributed by atoms with Gasteiger partial charge in [0.1, 0.15) is 11.9 Å². The van der Waals surface area contributed by atoms with E-state index in [1.165, 1.54) is 12.4 Å². The van der Waals surface area contributed by atoms with Crippen LogP contribution in [0.4, 0.5) is 11.4 Å². The highest BCUT2D eigenvalue weighted by Gasteiger charge is 2.34. The molecular formula is C11H14BrN3O4.